The predicted octanol–water partition coefficient (Wildman–Crippen LogP) is 0.724. The van der Waals surface area contributed by atoms with Gasteiger partial charge in [-0.15, -0.1) is 0 Å². The number of amides is 1. The molecule has 0 saturated carbocycles. The van der Waals surface area contributed by atoms with Crippen molar-refractivity contribution in [3.8, 4) is 0 Å². The second-order valence-electron chi connectivity index (χ2n) is 5.03. The SMILES string of the molecule is CCc1cc(C(=O)N2CCCCC2C(N)=NO)n(C)n1. The number of carbonyl (C=O) groups excluding carboxylic acids is 1. The van der Waals surface area contributed by atoms with E-state index in [-0.39, 0.29) is 17.8 Å². The summed E-state index contributed by atoms with van der Waals surface area (Å²) < 4.78 is 1.60. The molecular formula is C13H21N5O2. The summed E-state index contributed by atoms with van der Waals surface area (Å²) in [6.45, 7) is 2.61. The van der Waals surface area contributed by atoms with E-state index in [1.165, 1.54) is 0 Å². The molecule has 2 heterocycles. The molecular weight excluding hydrogens is 258 g/mol. The van der Waals surface area contributed by atoms with E-state index in [9.17, 15) is 4.79 Å². The van der Waals surface area contributed by atoms with Crippen LogP contribution < -0.4 is 5.73 Å². The van der Waals surface area contributed by atoms with Crippen molar-refractivity contribution in [1.82, 2.24) is 14.7 Å². The molecule has 2 rings (SSSR count). The highest BCUT2D eigenvalue weighted by molar-refractivity contribution is 5.97. The fraction of sp³-hybridized carbons (Fsp3) is 0.615. The van der Waals surface area contributed by atoms with E-state index in [4.69, 9.17) is 10.9 Å². The van der Waals surface area contributed by atoms with E-state index in [1.807, 2.05) is 6.92 Å². The van der Waals surface area contributed by atoms with Gasteiger partial charge in [-0.3, -0.25) is 9.48 Å². The van der Waals surface area contributed by atoms with Crippen molar-refractivity contribution in [2.45, 2.75) is 38.6 Å². The van der Waals surface area contributed by atoms with Crippen LogP contribution in [0.3, 0.4) is 0 Å². The van der Waals surface area contributed by atoms with E-state index in [0.29, 0.717) is 12.2 Å². The molecule has 0 aliphatic carbocycles. The molecule has 0 aromatic carbocycles. The van der Waals surface area contributed by atoms with Gasteiger partial charge in [0.15, 0.2) is 5.84 Å². The summed E-state index contributed by atoms with van der Waals surface area (Å²) in [4.78, 5) is 14.3. The molecule has 1 amide bonds. The van der Waals surface area contributed by atoms with Gasteiger partial charge < -0.3 is 15.8 Å². The van der Waals surface area contributed by atoms with Gasteiger partial charge >= 0.3 is 0 Å². The molecule has 1 aromatic heterocycles. The third kappa shape index (κ3) is 2.61. The van der Waals surface area contributed by atoms with Crippen LogP contribution in [0.25, 0.3) is 0 Å². The zero-order valence-electron chi connectivity index (χ0n) is 11.9. The van der Waals surface area contributed by atoms with Crippen LogP contribution in [0.1, 0.15) is 42.4 Å². The fourth-order valence-corrected chi connectivity index (χ4v) is 2.60. The normalized spacial score (nSPS) is 20.2. The van der Waals surface area contributed by atoms with Crippen LogP contribution in [0.2, 0.25) is 0 Å². The Morgan fingerprint density at radius 1 is 1.60 bits per heavy atom. The zero-order chi connectivity index (χ0) is 14.7. The number of aryl methyl sites for hydroxylation is 2. The van der Waals surface area contributed by atoms with Gasteiger partial charge in [-0.2, -0.15) is 5.10 Å². The fourth-order valence-electron chi connectivity index (χ4n) is 2.60. The number of hydrogen-bond acceptors (Lipinski definition) is 4. The lowest BCUT2D eigenvalue weighted by Gasteiger charge is -2.34. The first-order chi connectivity index (χ1) is 9.58. The summed E-state index contributed by atoms with van der Waals surface area (Å²) in [7, 11) is 1.76. The molecule has 1 fully saturated rings. The molecule has 1 saturated heterocycles. The molecule has 110 valence electrons. The van der Waals surface area contributed by atoms with Gasteiger partial charge in [0.25, 0.3) is 5.91 Å². The maximum absolute atomic E-state index is 12.7. The van der Waals surface area contributed by atoms with Crippen molar-refractivity contribution >= 4 is 11.7 Å². The van der Waals surface area contributed by atoms with Crippen LogP contribution in [-0.4, -0.2) is 44.2 Å². The third-order valence-electron chi connectivity index (χ3n) is 3.73. The first kappa shape index (κ1) is 14.4. The Labute approximate surface area is 118 Å². The number of aromatic nitrogens is 2. The lowest BCUT2D eigenvalue weighted by molar-refractivity contribution is 0.0665. The lowest BCUT2D eigenvalue weighted by atomic mass is 10.0. The van der Waals surface area contributed by atoms with Crippen molar-refractivity contribution in [1.29, 1.82) is 0 Å². The van der Waals surface area contributed by atoms with Gasteiger partial charge in [0.05, 0.1) is 11.7 Å². The summed E-state index contributed by atoms with van der Waals surface area (Å²) in [6, 6.07) is 1.47. The molecule has 1 aromatic rings. The molecule has 1 aliphatic heterocycles. The van der Waals surface area contributed by atoms with E-state index >= 15 is 0 Å². The number of carbonyl (C=O) groups is 1. The van der Waals surface area contributed by atoms with E-state index in [1.54, 1.807) is 22.7 Å². The maximum Gasteiger partial charge on any atom is 0.272 e. The molecule has 1 atom stereocenters. The van der Waals surface area contributed by atoms with Crippen molar-refractivity contribution in [2.75, 3.05) is 6.54 Å². The number of piperidine rings is 1. The Hall–Kier alpha value is -2.05. The van der Waals surface area contributed by atoms with Gasteiger partial charge in [-0.05, 0) is 31.7 Å². The van der Waals surface area contributed by atoms with Crippen LogP contribution in [-0.2, 0) is 13.5 Å². The number of oxime groups is 1. The monoisotopic (exact) mass is 279 g/mol. The molecule has 0 bridgehead atoms. The summed E-state index contributed by atoms with van der Waals surface area (Å²) in [5.41, 5.74) is 7.13. The smallest absolute Gasteiger partial charge is 0.272 e. The number of hydrogen-bond donors (Lipinski definition) is 2. The topological polar surface area (TPSA) is 96.7 Å². The summed E-state index contributed by atoms with van der Waals surface area (Å²) in [5, 5.41) is 16.2. The summed E-state index contributed by atoms with van der Waals surface area (Å²) in [6.07, 6.45) is 3.40. The molecule has 0 radical (unpaired) electrons. The average molecular weight is 279 g/mol. The molecule has 7 heteroatoms. The Balaban J connectivity index is 2.27. The van der Waals surface area contributed by atoms with Crippen molar-refractivity contribution in [3.63, 3.8) is 0 Å². The summed E-state index contributed by atoms with van der Waals surface area (Å²) >= 11 is 0. The predicted molar refractivity (Wildman–Crippen MR) is 74.7 cm³/mol. The Morgan fingerprint density at radius 2 is 2.35 bits per heavy atom. The minimum absolute atomic E-state index is 0.0935. The highest BCUT2D eigenvalue weighted by atomic mass is 16.4. The molecule has 0 spiro atoms. The molecule has 20 heavy (non-hydrogen) atoms. The Morgan fingerprint density at radius 3 is 2.95 bits per heavy atom. The van der Waals surface area contributed by atoms with Crippen LogP contribution in [0.4, 0.5) is 0 Å². The minimum Gasteiger partial charge on any atom is -0.409 e. The maximum atomic E-state index is 12.7. The van der Waals surface area contributed by atoms with Crippen molar-refractivity contribution in [3.05, 3.63) is 17.5 Å². The standard InChI is InChI=1S/C13H21N5O2/c1-3-9-8-11(17(2)15-9)13(19)18-7-5-4-6-10(18)12(14)16-20/h8,10,20H,3-7H2,1-2H3,(H2,14,16). The number of nitrogens with zero attached hydrogens (tertiary/aromatic N) is 4. The Kier molecular flexibility index (Phi) is 4.26. The van der Waals surface area contributed by atoms with E-state index in [0.717, 1.165) is 31.4 Å². The molecule has 1 unspecified atom stereocenters. The summed E-state index contributed by atoms with van der Waals surface area (Å²) in [5.74, 6) is -0.0214. The number of nitrogens with two attached hydrogens (primary N) is 1. The molecule has 1 aliphatic rings. The quantitative estimate of drug-likeness (QED) is 0.369. The van der Waals surface area contributed by atoms with Gasteiger partial charge in [0, 0.05) is 13.6 Å². The second kappa shape index (κ2) is 5.94. The van der Waals surface area contributed by atoms with Crippen LogP contribution in [0.5, 0.6) is 0 Å². The molecule has 7 nitrogen and oxygen atoms in total. The zero-order valence-corrected chi connectivity index (χ0v) is 11.9. The van der Waals surface area contributed by atoms with Crippen LogP contribution in [0.15, 0.2) is 11.2 Å². The minimum atomic E-state index is -0.332. The number of rotatable bonds is 3. The van der Waals surface area contributed by atoms with Crippen molar-refractivity contribution in [2.24, 2.45) is 17.9 Å². The van der Waals surface area contributed by atoms with Gasteiger partial charge in [-0.25, -0.2) is 0 Å². The second-order valence-corrected chi connectivity index (χ2v) is 5.03. The van der Waals surface area contributed by atoms with Gasteiger partial charge in [0.1, 0.15) is 5.69 Å². The first-order valence-electron chi connectivity index (χ1n) is 6.89. The Bertz CT molecular complexity index is 523. The third-order valence-corrected chi connectivity index (χ3v) is 3.73. The number of amidine groups is 1. The lowest BCUT2D eigenvalue weighted by Crippen LogP contribution is -2.50. The number of likely N-dealkylation sites (tertiary alicyclic amines) is 1. The van der Waals surface area contributed by atoms with Crippen LogP contribution >= 0.6 is 0 Å². The highest BCUT2D eigenvalue weighted by Gasteiger charge is 2.31. The van der Waals surface area contributed by atoms with E-state index in [2.05, 4.69) is 10.3 Å². The van der Waals surface area contributed by atoms with E-state index < -0.39 is 0 Å². The van der Waals surface area contributed by atoms with Crippen molar-refractivity contribution < 1.29 is 10.0 Å². The largest absolute Gasteiger partial charge is 0.409 e. The highest BCUT2D eigenvalue weighted by Crippen LogP contribution is 2.20. The van der Waals surface area contributed by atoms with Crippen LogP contribution in [0, 0.1) is 0 Å². The average Bonchev–Trinajstić information content (AvgIpc) is 2.86. The van der Waals surface area contributed by atoms with Gasteiger partial charge in [0.2, 0.25) is 0 Å². The molecule has 3 N–H and O–H groups in total. The van der Waals surface area contributed by atoms with Gasteiger partial charge in [-0.1, -0.05) is 12.1 Å². The first-order valence-corrected chi connectivity index (χ1v) is 6.89.